The Kier molecular flexibility index (Phi) is 4.54. The maximum absolute atomic E-state index is 12.8. The van der Waals surface area contributed by atoms with Crippen LogP contribution in [0, 0.1) is 0 Å². The second-order valence-electron chi connectivity index (χ2n) is 5.77. The van der Waals surface area contributed by atoms with Crippen molar-refractivity contribution in [2.45, 2.75) is 26.1 Å². The third-order valence-corrected chi connectivity index (χ3v) is 3.38. The van der Waals surface area contributed by atoms with Gasteiger partial charge in [0.25, 0.3) is 5.91 Å². The molecule has 0 aliphatic heterocycles. The van der Waals surface area contributed by atoms with Gasteiger partial charge in [-0.15, -0.1) is 0 Å². The molecule has 3 aromatic rings. The van der Waals surface area contributed by atoms with Gasteiger partial charge in [0, 0.05) is 24.7 Å². The van der Waals surface area contributed by atoms with Gasteiger partial charge in [-0.05, 0) is 26.0 Å². The molecule has 0 fully saturated rings. The molecule has 1 N–H and O–H groups in total. The van der Waals surface area contributed by atoms with Gasteiger partial charge in [-0.2, -0.15) is 13.2 Å². The van der Waals surface area contributed by atoms with Crippen LogP contribution in [0.4, 0.5) is 18.9 Å². The minimum absolute atomic E-state index is 0.172. The average molecular weight is 364 g/mol. The number of rotatable bonds is 4. The first-order valence-electron chi connectivity index (χ1n) is 7.73. The summed E-state index contributed by atoms with van der Waals surface area (Å²) in [5.74, 6) is -0.414. The van der Waals surface area contributed by atoms with Crippen LogP contribution in [-0.2, 0) is 6.18 Å². The number of halogens is 3. The van der Waals surface area contributed by atoms with Gasteiger partial charge in [-0.1, -0.05) is 6.07 Å². The van der Waals surface area contributed by atoms with E-state index in [4.69, 9.17) is 4.74 Å². The van der Waals surface area contributed by atoms with Crippen molar-refractivity contribution in [2.24, 2.45) is 0 Å². The summed E-state index contributed by atoms with van der Waals surface area (Å²) >= 11 is 0. The Bertz CT molecular complexity index is 951. The number of aromatic nitrogens is 3. The predicted molar refractivity (Wildman–Crippen MR) is 88.1 cm³/mol. The molecule has 0 bridgehead atoms. The smallest absolute Gasteiger partial charge is 0.433 e. The molecule has 0 saturated carbocycles. The lowest BCUT2D eigenvalue weighted by Gasteiger charge is -2.15. The van der Waals surface area contributed by atoms with Gasteiger partial charge in [0.15, 0.2) is 0 Å². The van der Waals surface area contributed by atoms with Crippen LogP contribution in [0.15, 0.2) is 42.9 Å². The van der Waals surface area contributed by atoms with Gasteiger partial charge in [0.1, 0.15) is 28.5 Å². The SMILES string of the molecule is CC(C)Oc1cc2nccn2cc1NC(=O)c1cccc(C(F)(F)F)n1. The van der Waals surface area contributed by atoms with Gasteiger partial charge >= 0.3 is 6.18 Å². The molecule has 0 saturated heterocycles. The highest BCUT2D eigenvalue weighted by Gasteiger charge is 2.33. The summed E-state index contributed by atoms with van der Waals surface area (Å²) in [6, 6.07) is 4.79. The molecule has 0 unspecified atom stereocenters. The first-order chi connectivity index (χ1) is 12.2. The maximum Gasteiger partial charge on any atom is 0.433 e. The summed E-state index contributed by atoms with van der Waals surface area (Å²) in [4.78, 5) is 19.9. The summed E-state index contributed by atoms with van der Waals surface area (Å²) in [5, 5.41) is 2.55. The van der Waals surface area contributed by atoms with Gasteiger partial charge in [0.05, 0.1) is 6.10 Å². The highest BCUT2D eigenvalue weighted by Crippen LogP contribution is 2.29. The van der Waals surface area contributed by atoms with Gasteiger partial charge in [-0.25, -0.2) is 9.97 Å². The van der Waals surface area contributed by atoms with Gasteiger partial charge < -0.3 is 14.5 Å². The fourth-order valence-corrected chi connectivity index (χ4v) is 2.29. The molecule has 0 spiro atoms. The lowest BCUT2D eigenvalue weighted by Crippen LogP contribution is -2.18. The van der Waals surface area contributed by atoms with E-state index in [2.05, 4.69) is 15.3 Å². The topological polar surface area (TPSA) is 68.5 Å². The van der Waals surface area contributed by atoms with Crippen LogP contribution in [0.3, 0.4) is 0 Å². The Hall–Kier alpha value is -3.10. The molecule has 26 heavy (non-hydrogen) atoms. The first kappa shape index (κ1) is 17.7. The molecule has 0 aliphatic carbocycles. The van der Waals surface area contributed by atoms with Crippen LogP contribution in [-0.4, -0.2) is 26.4 Å². The fourth-order valence-electron chi connectivity index (χ4n) is 2.29. The second-order valence-corrected chi connectivity index (χ2v) is 5.77. The number of fused-ring (bicyclic) bond motifs is 1. The number of amides is 1. The van der Waals surface area contributed by atoms with Crippen molar-refractivity contribution in [3.05, 3.63) is 54.2 Å². The van der Waals surface area contributed by atoms with Gasteiger partial charge in [-0.3, -0.25) is 4.79 Å². The highest BCUT2D eigenvalue weighted by molar-refractivity contribution is 6.03. The molecular formula is C17H15F3N4O2. The van der Waals surface area contributed by atoms with Crippen molar-refractivity contribution in [2.75, 3.05) is 5.32 Å². The third-order valence-electron chi connectivity index (χ3n) is 3.38. The summed E-state index contributed by atoms with van der Waals surface area (Å²) in [7, 11) is 0. The molecule has 0 aromatic carbocycles. The molecule has 0 atom stereocenters. The lowest BCUT2D eigenvalue weighted by molar-refractivity contribution is -0.141. The molecule has 3 aromatic heterocycles. The zero-order valence-electron chi connectivity index (χ0n) is 13.9. The third kappa shape index (κ3) is 3.76. The quantitative estimate of drug-likeness (QED) is 0.765. The summed E-state index contributed by atoms with van der Waals surface area (Å²) in [6.45, 7) is 3.63. The molecule has 0 aliphatic rings. The van der Waals surface area contributed by atoms with E-state index in [1.807, 2.05) is 13.8 Å². The standard InChI is InChI=1S/C17H15F3N4O2/c1-10(2)26-13-8-15-21-6-7-24(15)9-12(13)23-16(25)11-4-3-5-14(22-11)17(18,19)20/h3-10H,1-2H3,(H,23,25). The number of hydrogen-bond donors (Lipinski definition) is 1. The summed E-state index contributed by atoms with van der Waals surface area (Å²) in [5.41, 5.74) is -0.570. The first-order valence-corrected chi connectivity index (χ1v) is 7.73. The second kappa shape index (κ2) is 6.66. The Morgan fingerprint density at radius 3 is 2.77 bits per heavy atom. The van der Waals surface area contributed by atoms with E-state index in [1.165, 1.54) is 6.07 Å². The van der Waals surface area contributed by atoms with Crippen LogP contribution in [0.5, 0.6) is 5.75 Å². The van der Waals surface area contributed by atoms with Crippen molar-refractivity contribution < 1.29 is 22.7 Å². The van der Waals surface area contributed by atoms with Gasteiger partial charge in [0.2, 0.25) is 0 Å². The number of anilines is 1. The van der Waals surface area contributed by atoms with E-state index in [0.717, 1.165) is 12.1 Å². The van der Waals surface area contributed by atoms with Crippen LogP contribution in [0.1, 0.15) is 30.0 Å². The largest absolute Gasteiger partial charge is 0.489 e. The predicted octanol–water partition coefficient (Wildman–Crippen LogP) is 3.79. The average Bonchev–Trinajstić information content (AvgIpc) is 3.01. The molecule has 0 radical (unpaired) electrons. The van der Waals surface area contributed by atoms with Crippen LogP contribution >= 0.6 is 0 Å². The minimum atomic E-state index is -4.63. The molecule has 6 nitrogen and oxygen atoms in total. The molecule has 136 valence electrons. The molecular weight excluding hydrogens is 349 g/mol. The molecule has 1 amide bonds. The Balaban J connectivity index is 1.93. The normalized spacial score (nSPS) is 11.8. The number of nitrogens with one attached hydrogen (secondary N) is 1. The van der Waals surface area contributed by atoms with E-state index in [-0.39, 0.29) is 11.8 Å². The van der Waals surface area contributed by atoms with Crippen molar-refractivity contribution in [1.29, 1.82) is 0 Å². The van der Waals surface area contributed by atoms with Crippen molar-refractivity contribution in [3.8, 4) is 5.75 Å². The van der Waals surface area contributed by atoms with E-state index in [9.17, 15) is 18.0 Å². The van der Waals surface area contributed by atoms with E-state index in [0.29, 0.717) is 17.1 Å². The van der Waals surface area contributed by atoms with Crippen molar-refractivity contribution >= 4 is 17.2 Å². The number of carbonyl (C=O) groups excluding carboxylic acids is 1. The minimum Gasteiger partial charge on any atom is -0.489 e. The maximum atomic E-state index is 12.8. The lowest BCUT2D eigenvalue weighted by atomic mass is 10.2. The fraction of sp³-hybridized carbons (Fsp3) is 0.235. The van der Waals surface area contributed by atoms with E-state index < -0.39 is 17.8 Å². The van der Waals surface area contributed by atoms with Crippen LogP contribution in [0.25, 0.3) is 5.65 Å². The van der Waals surface area contributed by atoms with E-state index in [1.54, 1.807) is 29.1 Å². The molecule has 3 heterocycles. The molecule has 3 rings (SSSR count). The monoisotopic (exact) mass is 364 g/mol. The number of carbonyl (C=O) groups is 1. The number of pyridine rings is 2. The Morgan fingerprint density at radius 2 is 2.08 bits per heavy atom. The number of imidazole rings is 1. The Morgan fingerprint density at radius 1 is 1.31 bits per heavy atom. The van der Waals surface area contributed by atoms with Crippen LogP contribution in [0.2, 0.25) is 0 Å². The number of hydrogen-bond acceptors (Lipinski definition) is 4. The van der Waals surface area contributed by atoms with Crippen molar-refractivity contribution in [1.82, 2.24) is 14.4 Å². The number of alkyl halides is 3. The summed E-state index contributed by atoms with van der Waals surface area (Å²) < 4.78 is 45.7. The number of ether oxygens (including phenoxy) is 1. The van der Waals surface area contributed by atoms with E-state index >= 15 is 0 Å². The Labute approximate surface area is 146 Å². The highest BCUT2D eigenvalue weighted by atomic mass is 19.4. The van der Waals surface area contributed by atoms with Crippen LogP contribution < -0.4 is 10.1 Å². The molecule has 9 heteroatoms. The number of nitrogens with zero attached hydrogens (tertiary/aromatic N) is 3. The van der Waals surface area contributed by atoms with Crippen molar-refractivity contribution in [3.63, 3.8) is 0 Å². The summed E-state index contributed by atoms with van der Waals surface area (Å²) in [6.07, 6.45) is 0.0275. The zero-order valence-corrected chi connectivity index (χ0v) is 13.9. The zero-order chi connectivity index (χ0) is 18.9.